The summed E-state index contributed by atoms with van der Waals surface area (Å²) in [6, 6.07) is 13.5. The van der Waals surface area contributed by atoms with Crippen molar-refractivity contribution in [3.05, 3.63) is 82.9 Å². The van der Waals surface area contributed by atoms with E-state index < -0.39 is 12.2 Å². The summed E-state index contributed by atoms with van der Waals surface area (Å²) in [6.07, 6.45) is 6.73. The van der Waals surface area contributed by atoms with Crippen LogP contribution in [0.2, 0.25) is 0 Å². The molecular formula is C23H22FNO4. The number of halogens is 1. The molecule has 0 aromatic heterocycles. The summed E-state index contributed by atoms with van der Waals surface area (Å²) in [4.78, 5) is 12.3. The highest BCUT2D eigenvalue weighted by Crippen LogP contribution is 2.32. The van der Waals surface area contributed by atoms with Crippen LogP contribution in [0.5, 0.6) is 0 Å². The Labute approximate surface area is 169 Å². The molecule has 5 nitrogen and oxygen atoms in total. The number of allylic oxidation sites excluding steroid dienone is 1. The first kappa shape index (κ1) is 20.6. The standard InChI is InChI=1S/C23H22FNO4/c1-2-11-25-23(27)21-12-19(18-7-9-20(24)10-8-18)13-22(29-21)28-15-17-5-3-16(14-26)4-6-17/h1,3-10,12,19,22,26H,11,13-15H2,(H,25,27)/t19-,22+/m0/s1. The second-order valence-corrected chi connectivity index (χ2v) is 6.64. The van der Waals surface area contributed by atoms with Crippen LogP contribution in [0.3, 0.4) is 0 Å². The van der Waals surface area contributed by atoms with Crippen molar-refractivity contribution in [1.82, 2.24) is 5.32 Å². The summed E-state index contributed by atoms with van der Waals surface area (Å²) in [6.45, 7) is 0.350. The minimum atomic E-state index is -0.654. The Morgan fingerprint density at radius 2 is 1.90 bits per heavy atom. The molecule has 2 atom stereocenters. The van der Waals surface area contributed by atoms with Crippen LogP contribution in [-0.2, 0) is 27.5 Å². The molecule has 1 amide bonds. The molecule has 29 heavy (non-hydrogen) atoms. The van der Waals surface area contributed by atoms with Crippen LogP contribution < -0.4 is 5.32 Å². The van der Waals surface area contributed by atoms with Crippen molar-refractivity contribution in [3.63, 3.8) is 0 Å². The van der Waals surface area contributed by atoms with Gasteiger partial charge in [0, 0.05) is 12.3 Å². The van der Waals surface area contributed by atoms with Gasteiger partial charge >= 0.3 is 0 Å². The van der Waals surface area contributed by atoms with E-state index in [1.165, 1.54) is 12.1 Å². The lowest BCUT2D eigenvalue weighted by Crippen LogP contribution is -2.33. The third-order valence-electron chi connectivity index (χ3n) is 4.57. The van der Waals surface area contributed by atoms with E-state index in [1.54, 1.807) is 18.2 Å². The zero-order chi connectivity index (χ0) is 20.6. The fourth-order valence-electron chi connectivity index (χ4n) is 3.01. The van der Waals surface area contributed by atoms with Crippen LogP contribution in [0.4, 0.5) is 4.39 Å². The number of aliphatic hydroxyl groups is 1. The molecule has 0 saturated carbocycles. The molecule has 0 radical (unpaired) electrons. The quantitative estimate of drug-likeness (QED) is 0.708. The maximum atomic E-state index is 13.3. The molecule has 150 valence electrons. The van der Waals surface area contributed by atoms with E-state index in [0.717, 1.165) is 16.7 Å². The number of amides is 1. The smallest absolute Gasteiger partial charge is 0.286 e. The largest absolute Gasteiger partial charge is 0.459 e. The van der Waals surface area contributed by atoms with Gasteiger partial charge in [0.15, 0.2) is 5.76 Å². The number of carbonyl (C=O) groups excluding carboxylic acids is 1. The van der Waals surface area contributed by atoms with Gasteiger partial charge in [-0.1, -0.05) is 42.3 Å². The van der Waals surface area contributed by atoms with Crippen LogP contribution in [0.25, 0.3) is 0 Å². The number of rotatable bonds is 7. The molecule has 1 aliphatic rings. The lowest BCUT2D eigenvalue weighted by molar-refractivity contribution is -0.150. The van der Waals surface area contributed by atoms with Gasteiger partial charge in [-0.25, -0.2) is 4.39 Å². The number of benzene rings is 2. The monoisotopic (exact) mass is 395 g/mol. The van der Waals surface area contributed by atoms with Gasteiger partial charge in [-0.05, 0) is 34.9 Å². The Balaban J connectivity index is 1.73. The summed E-state index contributed by atoms with van der Waals surface area (Å²) in [5.41, 5.74) is 2.59. The number of nitrogens with one attached hydrogen (secondary N) is 1. The molecule has 3 rings (SSSR count). The lowest BCUT2D eigenvalue weighted by Gasteiger charge is -2.29. The zero-order valence-electron chi connectivity index (χ0n) is 15.8. The third-order valence-corrected chi connectivity index (χ3v) is 4.57. The first-order valence-electron chi connectivity index (χ1n) is 9.25. The third kappa shape index (κ3) is 5.67. The van der Waals surface area contributed by atoms with E-state index in [2.05, 4.69) is 11.2 Å². The van der Waals surface area contributed by atoms with E-state index in [4.69, 9.17) is 21.0 Å². The molecule has 0 aliphatic carbocycles. The molecule has 0 saturated heterocycles. The minimum Gasteiger partial charge on any atom is -0.459 e. The Hall–Kier alpha value is -3.14. The normalized spacial score (nSPS) is 18.3. The van der Waals surface area contributed by atoms with Gasteiger partial charge in [0.1, 0.15) is 5.82 Å². The molecule has 6 heteroatoms. The predicted octanol–water partition coefficient (Wildman–Crippen LogP) is 3.00. The summed E-state index contributed by atoms with van der Waals surface area (Å²) in [5.74, 6) is 1.56. The fraction of sp³-hybridized carbons (Fsp3) is 0.261. The van der Waals surface area contributed by atoms with Gasteiger partial charge in [-0.3, -0.25) is 4.79 Å². The number of ether oxygens (including phenoxy) is 2. The van der Waals surface area contributed by atoms with Crippen molar-refractivity contribution in [2.75, 3.05) is 6.54 Å². The SMILES string of the molecule is C#CCNC(=O)C1=C[C@H](c2ccc(F)cc2)C[C@H](OCc2ccc(CO)cc2)O1. The first-order chi connectivity index (χ1) is 14.1. The molecule has 0 bridgehead atoms. The predicted molar refractivity (Wildman–Crippen MR) is 106 cm³/mol. The number of carbonyl (C=O) groups is 1. The topological polar surface area (TPSA) is 67.8 Å². The van der Waals surface area contributed by atoms with Crippen molar-refractivity contribution in [3.8, 4) is 12.3 Å². The summed E-state index contributed by atoms with van der Waals surface area (Å²) >= 11 is 0. The van der Waals surface area contributed by atoms with Gasteiger partial charge in [0.2, 0.25) is 6.29 Å². The van der Waals surface area contributed by atoms with Gasteiger partial charge in [0.25, 0.3) is 5.91 Å². The Kier molecular flexibility index (Phi) is 7.01. The van der Waals surface area contributed by atoms with Crippen LogP contribution in [0.1, 0.15) is 29.0 Å². The van der Waals surface area contributed by atoms with Crippen LogP contribution >= 0.6 is 0 Å². The number of aliphatic hydroxyl groups excluding tert-OH is 1. The molecular weight excluding hydrogens is 373 g/mol. The Morgan fingerprint density at radius 3 is 2.55 bits per heavy atom. The summed E-state index contributed by atoms with van der Waals surface area (Å²) in [5, 5.41) is 11.7. The van der Waals surface area contributed by atoms with E-state index in [9.17, 15) is 9.18 Å². The van der Waals surface area contributed by atoms with Gasteiger partial charge < -0.3 is 19.9 Å². The Bertz CT molecular complexity index is 900. The fourth-order valence-corrected chi connectivity index (χ4v) is 3.01. The summed E-state index contributed by atoms with van der Waals surface area (Å²) < 4.78 is 24.9. The molecule has 1 heterocycles. The average molecular weight is 395 g/mol. The molecule has 2 N–H and O–H groups in total. The molecule has 0 spiro atoms. The molecule has 2 aromatic rings. The van der Waals surface area contributed by atoms with Crippen LogP contribution in [0, 0.1) is 18.2 Å². The van der Waals surface area contributed by atoms with Gasteiger partial charge in [-0.15, -0.1) is 6.42 Å². The highest BCUT2D eigenvalue weighted by Gasteiger charge is 2.28. The maximum Gasteiger partial charge on any atom is 0.286 e. The van der Waals surface area contributed by atoms with Gasteiger partial charge in [-0.2, -0.15) is 0 Å². The molecule has 0 unspecified atom stereocenters. The zero-order valence-corrected chi connectivity index (χ0v) is 15.8. The number of hydrogen-bond acceptors (Lipinski definition) is 4. The van der Waals surface area contributed by atoms with Crippen molar-refractivity contribution >= 4 is 5.91 Å². The number of hydrogen-bond donors (Lipinski definition) is 2. The van der Waals surface area contributed by atoms with E-state index in [1.807, 2.05) is 24.3 Å². The van der Waals surface area contributed by atoms with Crippen molar-refractivity contribution < 1.29 is 23.8 Å². The average Bonchev–Trinajstić information content (AvgIpc) is 2.76. The highest BCUT2D eigenvalue weighted by atomic mass is 19.1. The van der Waals surface area contributed by atoms with E-state index in [0.29, 0.717) is 6.42 Å². The lowest BCUT2D eigenvalue weighted by atomic mass is 9.93. The van der Waals surface area contributed by atoms with Crippen molar-refractivity contribution in [2.45, 2.75) is 31.8 Å². The second-order valence-electron chi connectivity index (χ2n) is 6.64. The Morgan fingerprint density at radius 1 is 1.21 bits per heavy atom. The summed E-state index contributed by atoms with van der Waals surface area (Å²) in [7, 11) is 0. The van der Waals surface area contributed by atoms with E-state index in [-0.39, 0.29) is 37.3 Å². The molecule has 2 aromatic carbocycles. The van der Waals surface area contributed by atoms with Gasteiger partial charge in [0.05, 0.1) is 19.8 Å². The highest BCUT2D eigenvalue weighted by molar-refractivity contribution is 5.91. The van der Waals surface area contributed by atoms with E-state index >= 15 is 0 Å². The number of terminal acetylenes is 1. The van der Waals surface area contributed by atoms with Crippen molar-refractivity contribution in [1.29, 1.82) is 0 Å². The molecule has 0 fully saturated rings. The second kappa shape index (κ2) is 9.87. The first-order valence-corrected chi connectivity index (χ1v) is 9.25. The molecule has 1 aliphatic heterocycles. The van der Waals surface area contributed by atoms with Crippen molar-refractivity contribution in [2.24, 2.45) is 0 Å². The van der Waals surface area contributed by atoms with Crippen LogP contribution in [0.15, 0.2) is 60.4 Å². The maximum absolute atomic E-state index is 13.3. The minimum absolute atomic E-state index is 0.0207. The van der Waals surface area contributed by atoms with Crippen LogP contribution in [-0.4, -0.2) is 23.8 Å².